The highest BCUT2D eigenvalue weighted by molar-refractivity contribution is 6.30. The van der Waals surface area contributed by atoms with Crippen molar-refractivity contribution in [1.82, 2.24) is 9.97 Å². The van der Waals surface area contributed by atoms with Crippen LogP contribution in [0.3, 0.4) is 0 Å². The Kier molecular flexibility index (Phi) is 3.65. The Labute approximate surface area is 129 Å². The predicted octanol–water partition coefficient (Wildman–Crippen LogP) is 4.36. The fourth-order valence-corrected chi connectivity index (χ4v) is 2.17. The van der Waals surface area contributed by atoms with E-state index in [2.05, 4.69) is 9.97 Å². The molecule has 0 aliphatic heterocycles. The number of hydrogen-bond acceptors (Lipinski definition) is 5. The summed E-state index contributed by atoms with van der Waals surface area (Å²) in [6.45, 7) is 0. The molecular formula is C13H9Cl2N3O3. The summed E-state index contributed by atoms with van der Waals surface area (Å²) in [5, 5.41) is 11.5. The van der Waals surface area contributed by atoms with Crippen LogP contribution in [-0.4, -0.2) is 14.9 Å². The van der Waals surface area contributed by atoms with Gasteiger partial charge in [0.25, 0.3) is 0 Å². The molecule has 108 valence electrons. The quantitative estimate of drug-likeness (QED) is 0.474. The number of nitro groups is 1. The van der Waals surface area contributed by atoms with Gasteiger partial charge >= 0.3 is 5.69 Å². The minimum atomic E-state index is -0.564. The van der Waals surface area contributed by atoms with Gasteiger partial charge in [0.1, 0.15) is 11.0 Å². The first kappa shape index (κ1) is 14.0. The number of rotatable bonds is 4. The second-order valence-electron chi connectivity index (χ2n) is 4.63. The number of benzene rings is 1. The van der Waals surface area contributed by atoms with E-state index in [1.807, 2.05) is 0 Å². The van der Waals surface area contributed by atoms with Crippen LogP contribution in [0.2, 0.25) is 10.2 Å². The first-order valence-corrected chi connectivity index (χ1v) is 6.95. The lowest BCUT2D eigenvalue weighted by atomic mass is 10.3. The Bertz CT molecular complexity index is 720. The van der Waals surface area contributed by atoms with Crippen LogP contribution < -0.4 is 4.74 Å². The lowest BCUT2D eigenvalue weighted by Crippen LogP contribution is -1.98. The summed E-state index contributed by atoms with van der Waals surface area (Å²) < 4.78 is 5.49. The lowest BCUT2D eigenvalue weighted by molar-refractivity contribution is -0.385. The van der Waals surface area contributed by atoms with Crippen molar-refractivity contribution in [3.8, 4) is 11.6 Å². The molecule has 0 saturated heterocycles. The van der Waals surface area contributed by atoms with Crippen LogP contribution in [0, 0.1) is 10.1 Å². The minimum Gasteiger partial charge on any atom is -0.432 e. The highest BCUT2D eigenvalue weighted by Gasteiger charge is 2.28. The third-order valence-electron chi connectivity index (χ3n) is 2.96. The zero-order chi connectivity index (χ0) is 15.0. The van der Waals surface area contributed by atoms with Crippen LogP contribution in [0.4, 0.5) is 5.69 Å². The van der Waals surface area contributed by atoms with Crippen molar-refractivity contribution >= 4 is 28.9 Å². The summed E-state index contributed by atoms with van der Waals surface area (Å²) in [7, 11) is 0. The van der Waals surface area contributed by atoms with Gasteiger partial charge in [0.2, 0.25) is 11.6 Å². The monoisotopic (exact) mass is 325 g/mol. The van der Waals surface area contributed by atoms with E-state index in [0.29, 0.717) is 11.7 Å². The van der Waals surface area contributed by atoms with Gasteiger partial charge in [0.05, 0.1) is 4.92 Å². The van der Waals surface area contributed by atoms with E-state index in [4.69, 9.17) is 27.9 Å². The maximum atomic E-state index is 11.0. The van der Waals surface area contributed by atoms with E-state index in [-0.39, 0.29) is 27.5 Å². The van der Waals surface area contributed by atoms with E-state index < -0.39 is 4.92 Å². The molecular weight excluding hydrogens is 317 g/mol. The van der Waals surface area contributed by atoms with E-state index in [9.17, 15) is 10.1 Å². The molecule has 1 heterocycles. The second-order valence-corrected chi connectivity index (χ2v) is 5.46. The van der Waals surface area contributed by atoms with E-state index in [0.717, 1.165) is 12.8 Å². The van der Waals surface area contributed by atoms with E-state index in [1.165, 1.54) is 24.3 Å². The second kappa shape index (κ2) is 5.46. The Morgan fingerprint density at radius 3 is 2.67 bits per heavy atom. The summed E-state index contributed by atoms with van der Waals surface area (Å²) in [5.41, 5.74) is -0.231. The maximum Gasteiger partial charge on any atom is 0.313 e. The fraction of sp³-hybridized carbons (Fsp3) is 0.231. The van der Waals surface area contributed by atoms with Crippen molar-refractivity contribution < 1.29 is 9.66 Å². The van der Waals surface area contributed by atoms with Gasteiger partial charge in [0.15, 0.2) is 0 Å². The molecule has 0 amide bonds. The molecule has 1 aromatic heterocycles. The SMILES string of the molecule is O=[N+]([O-])c1cc(Cl)ccc1Oc1cc(Cl)nc(C2CC2)n1. The van der Waals surface area contributed by atoms with Crippen molar-refractivity contribution in [2.45, 2.75) is 18.8 Å². The average Bonchev–Trinajstić information content (AvgIpc) is 3.24. The summed E-state index contributed by atoms with van der Waals surface area (Å²) in [6, 6.07) is 5.58. The molecule has 1 aromatic carbocycles. The first-order valence-electron chi connectivity index (χ1n) is 6.19. The highest BCUT2D eigenvalue weighted by atomic mass is 35.5. The molecule has 8 heteroatoms. The van der Waals surface area contributed by atoms with Crippen molar-refractivity contribution in [2.75, 3.05) is 0 Å². The maximum absolute atomic E-state index is 11.0. The van der Waals surface area contributed by atoms with Crippen LogP contribution in [0.25, 0.3) is 0 Å². The fourth-order valence-electron chi connectivity index (χ4n) is 1.82. The van der Waals surface area contributed by atoms with Gasteiger partial charge in [0, 0.05) is 23.1 Å². The normalized spacial score (nSPS) is 14.0. The zero-order valence-electron chi connectivity index (χ0n) is 10.6. The van der Waals surface area contributed by atoms with Crippen molar-refractivity contribution in [2.24, 2.45) is 0 Å². The van der Waals surface area contributed by atoms with Gasteiger partial charge in [-0.3, -0.25) is 10.1 Å². The molecule has 21 heavy (non-hydrogen) atoms. The Hall–Kier alpha value is -1.92. The Morgan fingerprint density at radius 2 is 2.00 bits per heavy atom. The molecule has 1 saturated carbocycles. The summed E-state index contributed by atoms with van der Waals surface area (Å²) in [4.78, 5) is 18.8. The molecule has 6 nitrogen and oxygen atoms in total. The van der Waals surface area contributed by atoms with Gasteiger partial charge in [-0.25, -0.2) is 4.98 Å². The zero-order valence-corrected chi connectivity index (χ0v) is 12.1. The summed E-state index contributed by atoms with van der Waals surface area (Å²) >= 11 is 11.7. The smallest absolute Gasteiger partial charge is 0.313 e. The Balaban J connectivity index is 1.95. The lowest BCUT2D eigenvalue weighted by Gasteiger charge is -2.07. The molecule has 0 N–H and O–H groups in total. The molecule has 0 unspecified atom stereocenters. The number of halogens is 2. The first-order chi connectivity index (χ1) is 10.0. The molecule has 2 aromatic rings. The Morgan fingerprint density at radius 1 is 1.24 bits per heavy atom. The molecule has 1 aliphatic rings. The van der Waals surface area contributed by atoms with Crippen molar-refractivity contribution in [3.63, 3.8) is 0 Å². The van der Waals surface area contributed by atoms with E-state index >= 15 is 0 Å². The van der Waals surface area contributed by atoms with Crippen LogP contribution in [0.5, 0.6) is 11.6 Å². The third-order valence-corrected chi connectivity index (χ3v) is 3.39. The topological polar surface area (TPSA) is 78.2 Å². The number of ether oxygens (including phenoxy) is 1. The largest absolute Gasteiger partial charge is 0.432 e. The van der Waals surface area contributed by atoms with Crippen molar-refractivity contribution in [3.05, 3.63) is 50.4 Å². The molecule has 1 fully saturated rings. The van der Waals surface area contributed by atoms with Gasteiger partial charge in [-0.2, -0.15) is 4.98 Å². The minimum absolute atomic E-state index is 0.0564. The molecule has 0 spiro atoms. The van der Waals surface area contributed by atoms with Crippen LogP contribution in [0.15, 0.2) is 24.3 Å². The standard InChI is InChI=1S/C13H9Cl2N3O3/c14-8-3-4-10(9(5-8)18(19)20)21-12-6-11(15)16-13(17-12)7-1-2-7/h3-7H,1-2H2. The van der Waals surface area contributed by atoms with Crippen LogP contribution >= 0.6 is 23.2 Å². The summed E-state index contributed by atoms with van der Waals surface area (Å²) in [6.07, 6.45) is 2.03. The van der Waals surface area contributed by atoms with Crippen molar-refractivity contribution in [1.29, 1.82) is 0 Å². The van der Waals surface area contributed by atoms with Gasteiger partial charge in [-0.15, -0.1) is 0 Å². The number of nitro benzene ring substituents is 1. The third kappa shape index (κ3) is 3.22. The van der Waals surface area contributed by atoms with E-state index in [1.54, 1.807) is 0 Å². The number of hydrogen-bond donors (Lipinski definition) is 0. The molecule has 1 aliphatic carbocycles. The molecule has 0 radical (unpaired) electrons. The molecule has 3 rings (SSSR count). The van der Waals surface area contributed by atoms with Gasteiger partial charge in [-0.1, -0.05) is 23.2 Å². The van der Waals surface area contributed by atoms with Gasteiger partial charge in [-0.05, 0) is 25.0 Å². The highest BCUT2D eigenvalue weighted by Crippen LogP contribution is 2.40. The number of nitrogens with zero attached hydrogens (tertiary/aromatic N) is 3. The summed E-state index contributed by atoms with van der Waals surface area (Å²) in [5.74, 6) is 1.14. The average molecular weight is 326 g/mol. The molecule has 0 atom stereocenters. The predicted molar refractivity (Wildman–Crippen MR) is 77.2 cm³/mol. The van der Waals surface area contributed by atoms with Crippen LogP contribution in [0.1, 0.15) is 24.6 Å². The number of aromatic nitrogens is 2. The van der Waals surface area contributed by atoms with Gasteiger partial charge < -0.3 is 4.74 Å². The molecule has 0 bridgehead atoms. The van der Waals surface area contributed by atoms with Crippen LogP contribution in [-0.2, 0) is 0 Å².